The number of benzene rings is 3. The summed E-state index contributed by atoms with van der Waals surface area (Å²) in [5.74, 6) is -7.51. The van der Waals surface area contributed by atoms with Gasteiger partial charge >= 0.3 is 5.97 Å². The van der Waals surface area contributed by atoms with Gasteiger partial charge in [-0.25, -0.2) is 4.98 Å². The van der Waals surface area contributed by atoms with Crippen molar-refractivity contribution in [2.24, 2.45) is 0 Å². The Morgan fingerprint density at radius 2 is 0.663 bits per heavy atom. The van der Waals surface area contributed by atoms with Crippen molar-refractivity contribution in [1.29, 1.82) is 0 Å². The summed E-state index contributed by atoms with van der Waals surface area (Å²) in [4.78, 5) is 136. The number of pyridine rings is 1. The average molecular weight is 1150 g/mol. The zero-order chi connectivity index (χ0) is 59.3. The predicted octanol–water partition coefficient (Wildman–Crippen LogP) is -0.256. The fourth-order valence-electron chi connectivity index (χ4n) is 9.77. The number of carboxylic acids is 1. The number of unbranched alkanes of at least 4 members (excludes halogenated alkanes) is 2. The number of phenols is 3. The Bertz CT molecular complexity index is 2910. The Kier molecular flexibility index (Phi) is 23.1. The van der Waals surface area contributed by atoms with Crippen LogP contribution in [-0.2, 0) is 4.79 Å². The van der Waals surface area contributed by atoms with Gasteiger partial charge in [-0.05, 0) is 61.4 Å². The number of rotatable bonds is 6. The van der Waals surface area contributed by atoms with Crippen LogP contribution in [-0.4, -0.2) is 241 Å². The van der Waals surface area contributed by atoms with E-state index in [0.29, 0.717) is 19.3 Å². The first-order chi connectivity index (χ1) is 40.1. The van der Waals surface area contributed by atoms with Gasteiger partial charge in [0.05, 0.1) is 33.4 Å². The Labute approximate surface area is 479 Å². The molecule has 0 saturated heterocycles. The summed E-state index contributed by atoms with van der Waals surface area (Å²) in [6, 6.07) is 17.3. The van der Waals surface area contributed by atoms with Crippen LogP contribution in [0.1, 0.15) is 109 Å². The summed E-state index contributed by atoms with van der Waals surface area (Å²) in [6.07, 6.45) is 1.27. The number of hydrogen-bond acceptors (Lipinski definition) is 17. The Morgan fingerprint density at radius 1 is 0.373 bits per heavy atom. The van der Waals surface area contributed by atoms with Crippen molar-refractivity contribution in [3.8, 4) is 17.2 Å². The molecule has 2 atom stereocenters. The molecule has 5 heterocycles. The van der Waals surface area contributed by atoms with Gasteiger partial charge < -0.3 is 62.5 Å². The van der Waals surface area contributed by atoms with E-state index < -0.39 is 70.5 Å². The lowest BCUT2D eigenvalue weighted by molar-refractivity contribution is -0.137. The molecule has 0 spiro atoms. The monoisotopic (exact) mass is 1150 g/mol. The second-order valence-electron chi connectivity index (χ2n) is 20.2. The summed E-state index contributed by atoms with van der Waals surface area (Å²) in [7, 11) is 0. The number of aliphatic carboxylic acids is 1. The largest absolute Gasteiger partial charge is 0.506 e. The van der Waals surface area contributed by atoms with E-state index in [1.807, 2.05) is 19.6 Å². The van der Waals surface area contributed by atoms with Crippen LogP contribution in [0.5, 0.6) is 17.2 Å². The summed E-state index contributed by atoms with van der Waals surface area (Å²) < 4.78 is 0. The summed E-state index contributed by atoms with van der Waals surface area (Å²) in [5.41, 5.74) is -0.885. The van der Waals surface area contributed by atoms with E-state index in [4.69, 9.17) is 0 Å². The van der Waals surface area contributed by atoms with Crippen LogP contribution in [0, 0.1) is 0 Å². The molecule has 26 heteroatoms. The van der Waals surface area contributed by atoms with Crippen molar-refractivity contribution >= 4 is 53.2 Å². The third kappa shape index (κ3) is 17.9. The number of carbonyl (C=O) groups is 9. The van der Waals surface area contributed by atoms with Gasteiger partial charge in [0.25, 0.3) is 47.3 Å². The number of aromatic nitrogens is 1. The highest BCUT2D eigenvalue weighted by atomic mass is 16.4. The molecule has 3 aromatic carbocycles. The fourth-order valence-corrected chi connectivity index (χ4v) is 9.77. The second-order valence-corrected chi connectivity index (χ2v) is 20.2. The molecule has 8 amide bonds. The molecule has 12 bridgehead atoms. The van der Waals surface area contributed by atoms with E-state index in [0.717, 1.165) is 0 Å². The Hall–Kier alpha value is -8.72. The third-order valence-corrected chi connectivity index (χ3v) is 14.5. The van der Waals surface area contributed by atoms with Crippen molar-refractivity contribution < 1.29 is 63.6 Å². The molecule has 4 aromatic rings. The Morgan fingerprint density at radius 3 is 1.00 bits per heavy atom. The van der Waals surface area contributed by atoms with E-state index in [9.17, 15) is 63.6 Å². The summed E-state index contributed by atoms with van der Waals surface area (Å²) in [6.45, 7) is 3.00. The maximum Gasteiger partial charge on any atom is 0.303 e. The maximum absolute atomic E-state index is 14.5. The number of nitrogens with zero attached hydrogens (tertiary/aromatic N) is 6. The van der Waals surface area contributed by atoms with Gasteiger partial charge in [-0.2, -0.15) is 0 Å². The zero-order valence-electron chi connectivity index (χ0n) is 46.3. The first-order valence-corrected chi connectivity index (χ1v) is 27.9. The standard InChI is InChI=1S/C57H73N13O13/c71-46(72)16-2-1-3-24-70-37-36-69-31-22-63-55(81)43-13-6-12-42(49(43)75)54(80)62-21-29-68(30-23-64-56(82)44-14-7-15-45(65-44)57(70)83)33-32-66-25-17-58-50(76)38-8-4-10-40(47(38)73)52(78)60-19-27-67(34-35-69)28-20-61-53(79)41-11-5-9-39(48(41)74)51(77)59-18-26-66/h4-15,73-75H,1-3,16-37H2,(H,58,76)(H,59,77)(H,60,78)(H,61,79)(H,62,80)(H,63,81)(H,64,82)(H,71,72). The molecule has 0 radical (unpaired) electrons. The quantitative estimate of drug-likeness (QED) is 0.111. The van der Waals surface area contributed by atoms with Crippen LogP contribution < -0.4 is 37.2 Å². The molecule has 26 nitrogen and oxygen atoms in total. The molecule has 11 N–H and O–H groups in total. The van der Waals surface area contributed by atoms with Crippen molar-refractivity contribution in [1.82, 2.24) is 66.7 Å². The van der Waals surface area contributed by atoms with Gasteiger partial charge in [0.2, 0.25) is 0 Å². The van der Waals surface area contributed by atoms with Crippen LogP contribution >= 0.6 is 0 Å². The van der Waals surface area contributed by atoms with Crippen molar-refractivity contribution in [2.75, 3.05) is 137 Å². The van der Waals surface area contributed by atoms with E-state index in [-0.39, 0.29) is 189 Å². The van der Waals surface area contributed by atoms with E-state index in [1.54, 1.807) is 11.0 Å². The van der Waals surface area contributed by atoms with Gasteiger partial charge in [0.1, 0.15) is 28.6 Å². The molecule has 2 unspecified atom stereocenters. The van der Waals surface area contributed by atoms with Crippen LogP contribution in [0.2, 0.25) is 0 Å². The molecular formula is C57H73N13O13. The number of nitrogens with one attached hydrogen (secondary N) is 7. The third-order valence-electron chi connectivity index (χ3n) is 14.5. The SMILES string of the molecule is O=C(O)CCCCCN1CCN2CCNC(=O)c3cccc(c3O)C(=O)NCCN(CCNC(=O)c3cccc(n3)C1=O)CCN1CCNC(=O)c3cccc(c3O)C(=O)NCCN(CCNC(=O)c3cccc(c3O)C(=O)NCC1)CC2. The fraction of sp³-hybridized carbons (Fsp3) is 0.439. The van der Waals surface area contributed by atoms with Crippen LogP contribution in [0.25, 0.3) is 0 Å². The predicted molar refractivity (Wildman–Crippen MR) is 303 cm³/mol. The minimum Gasteiger partial charge on any atom is -0.506 e. The Balaban J connectivity index is 1.30. The van der Waals surface area contributed by atoms with Gasteiger partial charge in [-0.15, -0.1) is 0 Å². The van der Waals surface area contributed by atoms with Gasteiger partial charge in [-0.1, -0.05) is 30.7 Å². The topological polar surface area (TPSA) is 348 Å². The minimum atomic E-state index is -0.944. The molecule has 4 aliphatic rings. The lowest BCUT2D eigenvalue weighted by atomic mass is 10.1. The molecule has 0 fully saturated rings. The van der Waals surface area contributed by atoms with Gasteiger partial charge in [0, 0.05) is 144 Å². The summed E-state index contributed by atoms with van der Waals surface area (Å²) >= 11 is 0. The van der Waals surface area contributed by atoms with E-state index in [2.05, 4.69) is 42.2 Å². The van der Waals surface area contributed by atoms with Crippen LogP contribution in [0.4, 0.5) is 0 Å². The number of carboxylic acid groups (broad SMARTS) is 1. The molecule has 1 aromatic heterocycles. The molecule has 0 aliphatic carbocycles. The summed E-state index contributed by atoms with van der Waals surface area (Å²) in [5, 5.41) is 63.2. The highest BCUT2D eigenvalue weighted by molar-refractivity contribution is 6.06. The lowest BCUT2D eigenvalue weighted by Crippen LogP contribution is -2.46. The van der Waals surface area contributed by atoms with Gasteiger partial charge in [-0.3, -0.25) is 62.8 Å². The highest BCUT2D eigenvalue weighted by Crippen LogP contribution is 2.25. The first-order valence-electron chi connectivity index (χ1n) is 27.9. The normalized spacial score (nSPS) is 21.1. The molecule has 444 valence electrons. The molecule has 0 saturated carbocycles. The van der Waals surface area contributed by atoms with Crippen molar-refractivity contribution in [3.05, 3.63) is 118 Å². The lowest BCUT2D eigenvalue weighted by Gasteiger charge is -2.30. The molecule has 8 rings (SSSR count). The van der Waals surface area contributed by atoms with Crippen molar-refractivity contribution in [3.63, 3.8) is 0 Å². The zero-order valence-corrected chi connectivity index (χ0v) is 46.3. The number of fused-ring (bicyclic) bond motifs is 16. The molecule has 4 aliphatic heterocycles. The average Bonchev–Trinajstić information content (AvgIpc) is 3.53. The number of amides is 8. The molecular weight excluding hydrogens is 1070 g/mol. The second kappa shape index (κ2) is 30.9. The minimum absolute atomic E-state index is 0.00184. The van der Waals surface area contributed by atoms with Crippen LogP contribution in [0.15, 0.2) is 72.8 Å². The number of aromatic hydroxyl groups is 3. The van der Waals surface area contributed by atoms with Crippen LogP contribution in [0.3, 0.4) is 0 Å². The number of hydrogen-bond donors (Lipinski definition) is 11. The first kappa shape index (κ1) is 61.9. The van der Waals surface area contributed by atoms with Gasteiger partial charge in [0.15, 0.2) is 0 Å². The number of para-hydroxylation sites is 3. The van der Waals surface area contributed by atoms with E-state index in [1.165, 1.54) is 66.7 Å². The highest BCUT2D eigenvalue weighted by Gasteiger charge is 2.26. The smallest absolute Gasteiger partial charge is 0.303 e. The number of carbonyl (C=O) groups excluding carboxylic acids is 8. The number of phenolic OH excluding ortho intramolecular Hbond substituents is 3. The molecule has 83 heavy (non-hydrogen) atoms. The van der Waals surface area contributed by atoms with Crippen molar-refractivity contribution in [2.45, 2.75) is 25.7 Å². The maximum atomic E-state index is 14.5. The van der Waals surface area contributed by atoms with E-state index >= 15 is 0 Å².